The molecule has 1 amide bonds. The number of hydrogen-bond donors (Lipinski definition) is 1. The Bertz CT molecular complexity index is 1500. The fourth-order valence-corrected chi connectivity index (χ4v) is 5.15. The molecule has 164 valence electrons. The number of fused-ring (bicyclic) bond motifs is 4. The van der Waals surface area contributed by atoms with Crippen LogP contribution >= 0.6 is 0 Å². The van der Waals surface area contributed by atoms with E-state index < -0.39 is 5.82 Å². The lowest BCUT2D eigenvalue weighted by Crippen LogP contribution is -2.30. The normalized spacial score (nSPS) is 21.2. The molecule has 6 rings (SSSR count). The molecule has 2 aliphatic carbocycles. The average molecular weight is 440 g/mol. The van der Waals surface area contributed by atoms with E-state index in [0.29, 0.717) is 22.5 Å². The standard InChI is InChI=1S/C25H21FN6O/c1-31(21-5-3-13-6-14(2-4-16(13)21)17-7-15(17)10-27)25(33)18-8-22-20(9-19(18)26)30-24(28)23-11-29-12-32(22)23/h2,4,6,8-9,11-12,15,17,21H,3,5,7H2,1H3,(H2,28,30)/t15-,17-,21+/m0/s1. The van der Waals surface area contributed by atoms with Gasteiger partial charge in [0.25, 0.3) is 5.91 Å². The first-order chi connectivity index (χ1) is 16.0. The van der Waals surface area contributed by atoms with Crippen LogP contribution in [0.15, 0.2) is 42.9 Å². The summed E-state index contributed by atoms with van der Waals surface area (Å²) in [6, 6.07) is 11.3. The van der Waals surface area contributed by atoms with Gasteiger partial charge in [-0.1, -0.05) is 18.2 Å². The van der Waals surface area contributed by atoms with E-state index in [9.17, 15) is 4.79 Å². The number of nitrogen functional groups attached to an aromatic ring is 1. The molecular weight excluding hydrogens is 419 g/mol. The molecule has 2 aromatic carbocycles. The Morgan fingerprint density at radius 1 is 1.30 bits per heavy atom. The van der Waals surface area contributed by atoms with Crippen LogP contribution in [0.2, 0.25) is 0 Å². The molecule has 1 saturated carbocycles. The number of carbonyl (C=O) groups excluding carboxylic acids is 1. The molecule has 3 atom stereocenters. The maximum Gasteiger partial charge on any atom is 0.257 e. The number of aromatic nitrogens is 3. The van der Waals surface area contributed by atoms with Crippen molar-refractivity contribution in [2.75, 3.05) is 12.8 Å². The molecule has 33 heavy (non-hydrogen) atoms. The van der Waals surface area contributed by atoms with E-state index in [2.05, 4.69) is 34.2 Å². The lowest BCUT2D eigenvalue weighted by atomic mass is 10.0. The minimum Gasteiger partial charge on any atom is -0.382 e. The minimum absolute atomic E-state index is 0.00789. The van der Waals surface area contributed by atoms with Crippen LogP contribution in [0.1, 0.15) is 51.8 Å². The Labute approximate surface area is 189 Å². The van der Waals surface area contributed by atoms with Gasteiger partial charge in [-0.2, -0.15) is 5.26 Å². The van der Waals surface area contributed by atoms with Crippen LogP contribution in [-0.2, 0) is 6.42 Å². The summed E-state index contributed by atoms with van der Waals surface area (Å²) in [7, 11) is 1.72. The molecule has 8 heteroatoms. The van der Waals surface area contributed by atoms with Crippen molar-refractivity contribution in [1.29, 1.82) is 5.26 Å². The fraction of sp³-hybridized carbons (Fsp3) is 0.280. The van der Waals surface area contributed by atoms with Crippen LogP contribution in [-0.4, -0.2) is 32.2 Å². The van der Waals surface area contributed by atoms with Crippen LogP contribution in [0, 0.1) is 23.1 Å². The number of benzene rings is 2. The number of carbonyl (C=O) groups is 1. The third-order valence-corrected chi connectivity index (χ3v) is 7.08. The summed E-state index contributed by atoms with van der Waals surface area (Å²) in [6.45, 7) is 0. The smallest absolute Gasteiger partial charge is 0.257 e. The number of hydrogen-bond acceptors (Lipinski definition) is 5. The molecular formula is C25H21FN6O. The molecule has 2 aliphatic rings. The summed E-state index contributed by atoms with van der Waals surface area (Å²) in [5.41, 5.74) is 11.0. The van der Waals surface area contributed by atoms with Gasteiger partial charge in [0, 0.05) is 19.0 Å². The van der Waals surface area contributed by atoms with Gasteiger partial charge in [0.1, 0.15) is 17.2 Å². The minimum atomic E-state index is -0.629. The van der Waals surface area contributed by atoms with E-state index in [1.807, 2.05) is 0 Å². The number of aryl methyl sites for hydroxylation is 1. The van der Waals surface area contributed by atoms with Crippen molar-refractivity contribution >= 4 is 28.3 Å². The van der Waals surface area contributed by atoms with Crippen molar-refractivity contribution < 1.29 is 9.18 Å². The van der Waals surface area contributed by atoms with Gasteiger partial charge in [-0.15, -0.1) is 0 Å². The van der Waals surface area contributed by atoms with E-state index in [0.717, 1.165) is 24.8 Å². The van der Waals surface area contributed by atoms with Crippen LogP contribution in [0.4, 0.5) is 10.2 Å². The summed E-state index contributed by atoms with van der Waals surface area (Å²) in [6.07, 6.45) is 5.72. The van der Waals surface area contributed by atoms with E-state index in [1.54, 1.807) is 28.9 Å². The molecule has 0 spiro atoms. The molecule has 2 aromatic heterocycles. The highest BCUT2D eigenvalue weighted by molar-refractivity contribution is 5.98. The second-order valence-electron chi connectivity index (χ2n) is 8.97. The zero-order valence-corrected chi connectivity index (χ0v) is 18.0. The van der Waals surface area contributed by atoms with Crippen LogP contribution in [0.25, 0.3) is 16.6 Å². The Morgan fingerprint density at radius 3 is 2.94 bits per heavy atom. The van der Waals surface area contributed by atoms with Crippen molar-refractivity contribution in [2.45, 2.75) is 31.2 Å². The maximum atomic E-state index is 15.0. The Balaban J connectivity index is 1.34. The molecule has 4 aromatic rings. The molecule has 0 aliphatic heterocycles. The number of amides is 1. The van der Waals surface area contributed by atoms with Crippen molar-refractivity contribution in [3.8, 4) is 6.07 Å². The highest BCUT2D eigenvalue weighted by Gasteiger charge is 2.39. The number of rotatable bonds is 3. The van der Waals surface area contributed by atoms with Crippen molar-refractivity contribution in [3.63, 3.8) is 0 Å². The van der Waals surface area contributed by atoms with Crippen molar-refractivity contribution in [1.82, 2.24) is 19.3 Å². The summed E-state index contributed by atoms with van der Waals surface area (Å²) in [4.78, 5) is 23.4. The number of halogens is 1. The number of anilines is 1. The number of nitrogens with two attached hydrogens (primary N) is 1. The fourth-order valence-electron chi connectivity index (χ4n) is 5.15. The topological polar surface area (TPSA) is 100 Å². The monoisotopic (exact) mass is 440 g/mol. The molecule has 1 fully saturated rings. The zero-order valence-electron chi connectivity index (χ0n) is 18.0. The van der Waals surface area contributed by atoms with Gasteiger partial charge >= 0.3 is 0 Å². The number of imidazole rings is 1. The predicted molar refractivity (Wildman–Crippen MR) is 121 cm³/mol. The Kier molecular flexibility index (Phi) is 4.18. The van der Waals surface area contributed by atoms with E-state index in [4.69, 9.17) is 11.0 Å². The number of nitrogens with zero attached hydrogens (tertiary/aromatic N) is 5. The lowest BCUT2D eigenvalue weighted by Gasteiger charge is -2.26. The highest BCUT2D eigenvalue weighted by Crippen LogP contribution is 2.48. The van der Waals surface area contributed by atoms with E-state index in [1.165, 1.54) is 23.3 Å². The van der Waals surface area contributed by atoms with Crippen LogP contribution in [0.5, 0.6) is 0 Å². The predicted octanol–water partition coefficient (Wildman–Crippen LogP) is 3.99. The summed E-state index contributed by atoms with van der Waals surface area (Å²) >= 11 is 0. The largest absolute Gasteiger partial charge is 0.382 e. The molecule has 0 radical (unpaired) electrons. The number of nitriles is 1. The molecule has 0 unspecified atom stereocenters. The quantitative estimate of drug-likeness (QED) is 0.519. The van der Waals surface area contributed by atoms with Gasteiger partial charge in [-0.25, -0.2) is 14.4 Å². The second-order valence-corrected chi connectivity index (χ2v) is 8.97. The van der Waals surface area contributed by atoms with Gasteiger partial charge in [-0.3, -0.25) is 9.20 Å². The highest BCUT2D eigenvalue weighted by atomic mass is 19.1. The van der Waals surface area contributed by atoms with Gasteiger partial charge < -0.3 is 10.6 Å². The van der Waals surface area contributed by atoms with Crippen LogP contribution in [0.3, 0.4) is 0 Å². The lowest BCUT2D eigenvalue weighted by molar-refractivity contribution is 0.0726. The van der Waals surface area contributed by atoms with Gasteiger partial charge in [0.2, 0.25) is 0 Å². The molecule has 2 N–H and O–H groups in total. The summed E-state index contributed by atoms with van der Waals surface area (Å²) < 4.78 is 16.7. The maximum absolute atomic E-state index is 15.0. The third kappa shape index (κ3) is 2.96. The Hall–Kier alpha value is -3.99. The zero-order chi connectivity index (χ0) is 22.9. The van der Waals surface area contributed by atoms with Crippen LogP contribution < -0.4 is 5.73 Å². The molecule has 2 heterocycles. The van der Waals surface area contributed by atoms with E-state index in [-0.39, 0.29) is 29.2 Å². The SMILES string of the molecule is CN(C(=O)c1cc2c(cc1F)nc(N)c1cncn12)[C@@H]1CCc2cc([C@@H]3C[C@H]3C#N)ccc21. The van der Waals surface area contributed by atoms with Gasteiger partial charge in [0.15, 0.2) is 0 Å². The Morgan fingerprint density at radius 2 is 2.15 bits per heavy atom. The average Bonchev–Trinajstić information content (AvgIpc) is 3.22. The van der Waals surface area contributed by atoms with Gasteiger partial charge in [-0.05, 0) is 42.0 Å². The molecule has 0 saturated heterocycles. The summed E-state index contributed by atoms with van der Waals surface area (Å²) in [5.74, 6) is -0.311. The molecule has 0 bridgehead atoms. The molecule has 7 nitrogen and oxygen atoms in total. The first-order valence-corrected chi connectivity index (χ1v) is 11.0. The van der Waals surface area contributed by atoms with E-state index >= 15 is 4.39 Å². The van der Waals surface area contributed by atoms with Crippen molar-refractivity contribution in [2.24, 2.45) is 5.92 Å². The second kappa shape index (κ2) is 7.01. The van der Waals surface area contributed by atoms with Gasteiger partial charge in [0.05, 0.1) is 47.1 Å². The van der Waals surface area contributed by atoms with Crippen molar-refractivity contribution in [3.05, 3.63) is 70.9 Å². The first-order valence-electron chi connectivity index (χ1n) is 11.0. The summed E-state index contributed by atoms with van der Waals surface area (Å²) in [5, 5.41) is 9.12. The third-order valence-electron chi connectivity index (χ3n) is 7.08. The first kappa shape index (κ1) is 19.7.